The van der Waals surface area contributed by atoms with Crippen molar-refractivity contribution in [1.29, 1.82) is 0 Å². The number of ether oxygens (including phenoxy) is 1. The van der Waals surface area contributed by atoms with E-state index in [-0.39, 0.29) is 0 Å². The van der Waals surface area contributed by atoms with Crippen LogP contribution in [0.25, 0.3) is 0 Å². The van der Waals surface area contributed by atoms with E-state index in [2.05, 4.69) is 4.98 Å². The predicted octanol–water partition coefficient (Wildman–Crippen LogP) is 2.61. The van der Waals surface area contributed by atoms with Gasteiger partial charge in [-0.15, -0.1) is 0 Å². The number of hydrogen-bond acceptors (Lipinski definition) is 2. The minimum Gasteiger partial charge on any atom is -0.488 e. The third kappa shape index (κ3) is 2.30. The highest BCUT2D eigenvalue weighted by Gasteiger charge is 2.23. The highest BCUT2D eigenvalue weighted by Crippen LogP contribution is 2.31. The van der Waals surface area contributed by atoms with Crippen molar-refractivity contribution in [2.45, 2.75) is 12.8 Å². The molecule has 13 heavy (non-hydrogen) atoms. The molecule has 4 heteroatoms. The Balaban J connectivity index is 2.07. The quantitative estimate of drug-likeness (QED) is 0.631. The molecule has 0 spiro atoms. The van der Waals surface area contributed by atoms with Gasteiger partial charge >= 0.3 is 0 Å². The molecule has 1 aliphatic carbocycles. The highest BCUT2D eigenvalue weighted by atomic mass is 127. The van der Waals surface area contributed by atoms with Crippen LogP contribution >= 0.6 is 22.6 Å². The Morgan fingerprint density at radius 1 is 1.62 bits per heavy atom. The molecule has 0 bridgehead atoms. The summed E-state index contributed by atoms with van der Waals surface area (Å²) < 4.78 is 19.2. The molecular weight excluding hydrogens is 284 g/mol. The Labute approximate surface area is 89.6 Å². The largest absolute Gasteiger partial charge is 0.488 e. The second-order valence-corrected chi connectivity index (χ2v) is 4.33. The van der Waals surface area contributed by atoms with Gasteiger partial charge in [-0.1, -0.05) is 0 Å². The first-order valence-corrected chi connectivity index (χ1v) is 5.28. The van der Waals surface area contributed by atoms with Crippen LogP contribution < -0.4 is 4.74 Å². The Morgan fingerprint density at radius 2 is 2.38 bits per heavy atom. The Bertz CT molecular complexity index is 294. The van der Waals surface area contributed by atoms with Crippen LogP contribution in [-0.4, -0.2) is 11.6 Å². The maximum Gasteiger partial charge on any atom is 0.256 e. The molecule has 1 aliphatic rings. The highest BCUT2D eigenvalue weighted by molar-refractivity contribution is 14.1. The van der Waals surface area contributed by atoms with Gasteiger partial charge in [0.15, 0.2) is 5.75 Å². The van der Waals surface area contributed by atoms with Gasteiger partial charge in [0.25, 0.3) is 5.95 Å². The van der Waals surface area contributed by atoms with E-state index in [0.717, 1.165) is 3.57 Å². The molecule has 0 radical (unpaired) electrons. The van der Waals surface area contributed by atoms with E-state index in [4.69, 9.17) is 4.74 Å². The molecule has 0 aromatic carbocycles. The molecule has 70 valence electrons. The first-order valence-electron chi connectivity index (χ1n) is 4.20. The predicted molar refractivity (Wildman–Crippen MR) is 55.1 cm³/mol. The Kier molecular flexibility index (Phi) is 2.66. The molecule has 0 unspecified atom stereocenters. The maximum atomic E-state index is 13.1. The first-order chi connectivity index (χ1) is 6.27. The summed E-state index contributed by atoms with van der Waals surface area (Å²) in [7, 11) is 0. The minimum absolute atomic E-state index is 0.301. The molecule has 2 rings (SSSR count). The summed E-state index contributed by atoms with van der Waals surface area (Å²) in [5.41, 5.74) is 0. The molecule has 2 nitrogen and oxygen atoms in total. The summed E-state index contributed by atoms with van der Waals surface area (Å²) in [6.07, 6.45) is 3.86. The fraction of sp³-hybridized carbons (Fsp3) is 0.444. The topological polar surface area (TPSA) is 22.1 Å². The third-order valence-corrected chi connectivity index (χ3v) is 2.82. The van der Waals surface area contributed by atoms with Crippen LogP contribution in [0.3, 0.4) is 0 Å². The molecule has 0 aliphatic heterocycles. The van der Waals surface area contributed by atoms with Gasteiger partial charge in [-0.05, 0) is 47.4 Å². The zero-order chi connectivity index (χ0) is 9.26. The van der Waals surface area contributed by atoms with Crippen LogP contribution in [0.2, 0.25) is 0 Å². The number of rotatable bonds is 3. The van der Waals surface area contributed by atoms with E-state index in [1.165, 1.54) is 19.0 Å². The standard InChI is InChI=1S/C9H9FINO/c10-9-8(7(11)3-4-12-9)13-5-6-1-2-6/h3-4,6H,1-2,5H2. The van der Waals surface area contributed by atoms with Crippen molar-refractivity contribution in [3.05, 3.63) is 21.8 Å². The lowest BCUT2D eigenvalue weighted by atomic mass is 10.4. The smallest absolute Gasteiger partial charge is 0.256 e. The molecule has 1 heterocycles. The molecule has 0 amide bonds. The molecular formula is C9H9FINO. The molecule has 1 saturated carbocycles. The number of pyridine rings is 1. The van der Waals surface area contributed by atoms with Crippen LogP contribution in [0, 0.1) is 15.4 Å². The molecule has 0 N–H and O–H groups in total. The number of hydrogen-bond donors (Lipinski definition) is 0. The summed E-state index contributed by atoms with van der Waals surface area (Å²) in [6, 6.07) is 1.74. The van der Waals surface area contributed by atoms with Crippen molar-refractivity contribution >= 4 is 22.6 Å². The fourth-order valence-electron chi connectivity index (χ4n) is 1.02. The Morgan fingerprint density at radius 3 is 3.00 bits per heavy atom. The molecule has 0 atom stereocenters. The average Bonchev–Trinajstić information content (AvgIpc) is 2.87. The van der Waals surface area contributed by atoms with E-state index < -0.39 is 5.95 Å². The summed E-state index contributed by atoms with van der Waals surface area (Å²) in [5, 5.41) is 0. The van der Waals surface area contributed by atoms with E-state index in [9.17, 15) is 4.39 Å². The number of nitrogens with zero attached hydrogens (tertiary/aromatic N) is 1. The summed E-state index contributed by atoms with van der Waals surface area (Å²) in [5.74, 6) is 0.429. The van der Waals surface area contributed by atoms with Gasteiger partial charge in [0, 0.05) is 6.20 Å². The SMILES string of the molecule is Fc1nccc(I)c1OCC1CC1. The van der Waals surface area contributed by atoms with Gasteiger partial charge < -0.3 is 4.74 Å². The van der Waals surface area contributed by atoms with Gasteiger partial charge in [-0.25, -0.2) is 4.98 Å². The van der Waals surface area contributed by atoms with Gasteiger partial charge in [0.2, 0.25) is 0 Å². The maximum absolute atomic E-state index is 13.1. The van der Waals surface area contributed by atoms with Gasteiger partial charge in [-0.2, -0.15) is 4.39 Å². The normalized spacial score (nSPS) is 15.8. The molecule has 1 aromatic heterocycles. The van der Waals surface area contributed by atoms with Crippen LogP contribution in [0.1, 0.15) is 12.8 Å². The van der Waals surface area contributed by atoms with E-state index in [1.807, 2.05) is 22.6 Å². The van der Waals surface area contributed by atoms with Crippen molar-refractivity contribution < 1.29 is 9.13 Å². The lowest BCUT2D eigenvalue weighted by Crippen LogP contribution is -2.03. The zero-order valence-electron chi connectivity index (χ0n) is 6.96. The van der Waals surface area contributed by atoms with Gasteiger partial charge in [-0.3, -0.25) is 0 Å². The van der Waals surface area contributed by atoms with Crippen LogP contribution in [0.5, 0.6) is 5.75 Å². The molecule has 0 saturated heterocycles. The minimum atomic E-state index is -0.507. The average molecular weight is 293 g/mol. The van der Waals surface area contributed by atoms with Crippen molar-refractivity contribution in [3.63, 3.8) is 0 Å². The van der Waals surface area contributed by atoms with E-state index in [1.54, 1.807) is 6.07 Å². The van der Waals surface area contributed by atoms with Crippen LogP contribution in [0.4, 0.5) is 4.39 Å². The van der Waals surface area contributed by atoms with E-state index >= 15 is 0 Å². The third-order valence-electron chi connectivity index (χ3n) is 1.97. The lowest BCUT2D eigenvalue weighted by Gasteiger charge is -2.06. The lowest BCUT2D eigenvalue weighted by molar-refractivity contribution is 0.279. The number of halogens is 2. The summed E-state index contributed by atoms with van der Waals surface area (Å²) in [4.78, 5) is 3.54. The summed E-state index contributed by atoms with van der Waals surface area (Å²) >= 11 is 2.05. The first kappa shape index (κ1) is 9.18. The van der Waals surface area contributed by atoms with Crippen molar-refractivity contribution in [3.8, 4) is 5.75 Å². The van der Waals surface area contributed by atoms with Crippen molar-refractivity contribution in [2.24, 2.45) is 5.92 Å². The van der Waals surface area contributed by atoms with Crippen molar-refractivity contribution in [2.75, 3.05) is 6.61 Å². The second kappa shape index (κ2) is 3.77. The van der Waals surface area contributed by atoms with Gasteiger partial charge in [0.05, 0.1) is 10.2 Å². The Hall–Kier alpha value is -0.390. The molecule has 1 fully saturated rings. The second-order valence-electron chi connectivity index (χ2n) is 3.17. The van der Waals surface area contributed by atoms with Crippen molar-refractivity contribution in [1.82, 2.24) is 4.98 Å². The zero-order valence-corrected chi connectivity index (χ0v) is 9.12. The van der Waals surface area contributed by atoms with Crippen LogP contribution in [0.15, 0.2) is 12.3 Å². The molecule has 1 aromatic rings. The van der Waals surface area contributed by atoms with E-state index in [0.29, 0.717) is 18.3 Å². The summed E-state index contributed by atoms with van der Waals surface area (Å²) in [6.45, 7) is 0.624. The number of aromatic nitrogens is 1. The monoisotopic (exact) mass is 293 g/mol. The van der Waals surface area contributed by atoms with Gasteiger partial charge in [0.1, 0.15) is 0 Å². The van der Waals surface area contributed by atoms with Crippen LogP contribution in [-0.2, 0) is 0 Å². The fourth-order valence-corrected chi connectivity index (χ4v) is 1.55.